The van der Waals surface area contributed by atoms with Gasteiger partial charge in [-0.15, -0.1) is 0 Å². The molecule has 0 aliphatic carbocycles. The summed E-state index contributed by atoms with van der Waals surface area (Å²) in [5, 5.41) is 9.74. The maximum Gasteiger partial charge on any atom is 0.127 e. The Hall–Kier alpha value is -2.94. The van der Waals surface area contributed by atoms with Gasteiger partial charge in [-0.1, -0.05) is 48.5 Å². The standard InChI is InChI=1S/C24H24O3/c1-24(2)23(17-9-11-18(25)12-10-17)22(16-7-5-4-6-8-16)20-14-13-19(26-3)15-21(20)27-24/h4-15,22-23,25H,1-3H3/t22-,23+/m1/s1. The van der Waals surface area contributed by atoms with Crippen LogP contribution in [0.2, 0.25) is 0 Å². The van der Waals surface area contributed by atoms with Gasteiger partial charge in [-0.05, 0) is 43.2 Å². The van der Waals surface area contributed by atoms with E-state index in [0.717, 1.165) is 22.6 Å². The molecule has 4 rings (SSSR count). The van der Waals surface area contributed by atoms with Crippen LogP contribution in [-0.2, 0) is 0 Å². The third kappa shape index (κ3) is 3.14. The van der Waals surface area contributed by atoms with Gasteiger partial charge < -0.3 is 14.6 Å². The lowest BCUT2D eigenvalue weighted by Crippen LogP contribution is -2.43. The van der Waals surface area contributed by atoms with Gasteiger partial charge in [0.15, 0.2) is 0 Å². The van der Waals surface area contributed by atoms with E-state index in [1.165, 1.54) is 5.56 Å². The molecule has 3 nitrogen and oxygen atoms in total. The lowest BCUT2D eigenvalue weighted by Gasteiger charge is -2.45. The Morgan fingerprint density at radius 1 is 0.889 bits per heavy atom. The summed E-state index contributed by atoms with van der Waals surface area (Å²) in [6.07, 6.45) is 0. The molecule has 1 aliphatic rings. The fraction of sp³-hybridized carbons (Fsp3) is 0.250. The molecule has 0 aromatic heterocycles. The first-order valence-electron chi connectivity index (χ1n) is 9.20. The average molecular weight is 360 g/mol. The van der Waals surface area contributed by atoms with Crippen molar-refractivity contribution in [3.05, 3.63) is 89.5 Å². The lowest BCUT2D eigenvalue weighted by atomic mass is 9.68. The maximum absolute atomic E-state index is 9.74. The number of fused-ring (bicyclic) bond motifs is 1. The highest BCUT2D eigenvalue weighted by Gasteiger charge is 2.45. The second-order valence-corrected chi connectivity index (χ2v) is 7.57. The Kier molecular flexibility index (Phi) is 4.31. The molecule has 1 heterocycles. The molecule has 0 saturated carbocycles. The predicted molar refractivity (Wildman–Crippen MR) is 107 cm³/mol. The first-order chi connectivity index (χ1) is 13.0. The summed E-state index contributed by atoms with van der Waals surface area (Å²) in [5.74, 6) is 2.17. The second kappa shape index (κ2) is 6.66. The molecule has 3 aromatic rings. The predicted octanol–water partition coefficient (Wildman–Crippen LogP) is 5.49. The summed E-state index contributed by atoms with van der Waals surface area (Å²) in [6, 6.07) is 24.1. The monoisotopic (exact) mass is 360 g/mol. The Bertz CT molecular complexity index is 930. The van der Waals surface area contributed by atoms with Crippen LogP contribution >= 0.6 is 0 Å². The third-order valence-electron chi connectivity index (χ3n) is 5.42. The van der Waals surface area contributed by atoms with Crippen molar-refractivity contribution >= 4 is 0 Å². The third-order valence-corrected chi connectivity index (χ3v) is 5.42. The number of rotatable bonds is 3. The minimum atomic E-state index is -0.434. The topological polar surface area (TPSA) is 38.7 Å². The van der Waals surface area contributed by atoms with Crippen molar-refractivity contribution in [2.75, 3.05) is 7.11 Å². The Morgan fingerprint density at radius 2 is 1.59 bits per heavy atom. The van der Waals surface area contributed by atoms with Gasteiger partial charge in [0.25, 0.3) is 0 Å². The van der Waals surface area contributed by atoms with Crippen molar-refractivity contribution in [2.24, 2.45) is 0 Å². The van der Waals surface area contributed by atoms with Crippen LogP contribution in [0.1, 0.15) is 42.4 Å². The molecule has 138 valence electrons. The van der Waals surface area contributed by atoms with Crippen molar-refractivity contribution < 1.29 is 14.6 Å². The summed E-state index contributed by atoms with van der Waals surface area (Å²) in [5.41, 5.74) is 3.11. The normalized spacial score (nSPS) is 20.4. The summed E-state index contributed by atoms with van der Waals surface area (Å²) in [7, 11) is 1.67. The fourth-order valence-electron chi connectivity index (χ4n) is 4.22. The van der Waals surface area contributed by atoms with Gasteiger partial charge in [0.1, 0.15) is 22.8 Å². The van der Waals surface area contributed by atoms with Gasteiger partial charge in [-0.3, -0.25) is 0 Å². The summed E-state index contributed by atoms with van der Waals surface area (Å²) >= 11 is 0. The van der Waals surface area contributed by atoms with Gasteiger partial charge in [-0.25, -0.2) is 0 Å². The molecule has 27 heavy (non-hydrogen) atoms. The van der Waals surface area contributed by atoms with Crippen molar-refractivity contribution in [1.29, 1.82) is 0 Å². The first-order valence-corrected chi connectivity index (χ1v) is 9.20. The van der Waals surface area contributed by atoms with Crippen LogP contribution in [0.25, 0.3) is 0 Å². The molecular formula is C24H24O3. The summed E-state index contributed by atoms with van der Waals surface area (Å²) in [6.45, 7) is 4.26. The van der Waals surface area contributed by atoms with Crippen molar-refractivity contribution in [3.8, 4) is 17.2 Å². The number of methoxy groups -OCH3 is 1. The van der Waals surface area contributed by atoms with E-state index >= 15 is 0 Å². The second-order valence-electron chi connectivity index (χ2n) is 7.57. The minimum Gasteiger partial charge on any atom is -0.508 e. The summed E-state index contributed by atoms with van der Waals surface area (Å²) < 4.78 is 11.9. The van der Waals surface area contributed by atoms with Gasteiger partial charge in [0.05, 0.1) is 7.11 Å². The number of phenols is 1. The molecule has 1 aliphatic heterocycles. The molecule has 2 atom stereocenters. The van der Waals surface area contributed by atoms with Crippen LogP contribution in [0.3, 0.4) is 0 Å². The molecule has 3 heteroatoms. The number of benzene rings is 3. The van der Waals surface area contributed by atoms with E-state index in [-0.39, 0.29) is 17.6 Å². The van der Waals surface area contributed by atoms with Crippen LogP contribution in [0.15, 0.2) is 72.8 Å². The van der Waals surface area contributed by atoms with Crippen LogP contribution in [0.5, 0.6) is 17.2 Å². The quantitative estimate of drug-likeness (QED) is 0.671. The minimum absolute atomic E-state index is 0.0985. The highest BCUT2D eigenvalue weighted by Crippen LogP contribution is 2.53. The molecule has 3 aromatic carbocycles. The van der Waals surface area contributed by atoms with Crippen LogP contribution in [0, 0.1) is 0 Å². The van der Waals surface area contributed by atoms with Crippen molar-refractivity contribution in [3.63, 3.8) is 0 Å². The molecule has 0 unspecified atom stereocenters. The largest absolute Gasteiger partial charge is 0.508 e. The van der Waals surface area contributed by atoms with E-state index in [9.17, 15) is 5.11 Å². The molecule has 1 N–H and O–H groups in total. The summed E-state index contributed by atoms with van der Waals surface area (Å²) in [4.78, 5) is 0. The average Bonchev–Trinajstić information content (AvgIpc) is 2.67. The molecular weight excluding hydrogens is 336 g/mol. The zero-order chi connectivity index (χ0) is 19.0. The van der Waals surface area contributed by atoms with Crippen LogP contribution in [0.4, 0.5) is 0 Å². The highest BCUT2D eigenvalue weighted by molar-refractivity contribution is 5.52. The van der Waals surface area contributed by atoms with Crippen molar-refractivity contribution in [2.45, 2.75) is 31.3 Å². The maximum atomic E-state index is 9.74. The smallest absolute Gasteiger partial charge is 0.127 e. The number of hydrogen-bond donors (Lipinski definition) is 1. The fourth-order valence-corrected chi connectivity index (χ4v) is 4.22. The molecule has 0 fully saturated rings. The highest BCUT2D eigenvalue weighted by atomic mass is 16.5. The van der Waals surface area contributed by atoms with E-state index < -0.39 is 5.60 Å². The zero-order valence-corrected chi connectivity index (χ0v) is 15.8. The number of ether oxygens (including phenoxy) is 2. The van der Waals surface area contributed by atoms with Crippen molar-refractivity contribution in [1.82, 2.24) is 0 Å². The lowest BCUT2D eigenvalue weighted by molar-refractivity contribution is 0.0528. The van der Waals surface area contributed by atoms with E-state index in [1.807, 2.05) is 30.3 Å². The SMILES string of the molecule is COc1ccc2c(c1)OC(C)(C)[C@@H](c1ccc(O)cc1)[C@@H]2c1ccccc1. The number of hydrogen-bond acceptors (Lipinski definition) is 3. The van der Waals surface area contributed by atoms with E-state index in [4.69, 9.17) is 9.47 Å². The molecule has 0 bridgehead atoms. The van der Waals surface area contributed by atoms with Gasteiger partial charge >= 0.3 is 0 Å². The number of aromatic hydroxyl groups is 1. The van der Waals surface area contributed by atoms with Gasteiger partial charge in [-0.2, -0.15) is 0 Å². The Labute approximate surface area is 160 Å². The van der Waals surface area contributed by atoms with Crippen LogP contribution < -0.4 is 9.47 Å². The Balaban J connectivity index is 1.93. The first kappa shape index (κ1) is 17.5. The van der Waals surface area contributed by atoms with Crippen LogP contribution in [-0.4, -0.2) is 17.8 Å². The molecule has 0 amide bonds. The van der Waals surface area contributed by atoms with E-state index in [1.54, 1.807) is 19.2 Å². The zero-order valence-electron chi connectivity index (χ0n) is 15.8. The van der Waals surface area contributed by atoms with E-state index in [2.05, 4.69) is 44.2 Å². The van der Waals surface area contributed by atoms with E-state index in [0.29, 0.717) is 0 Å². The van der Waals surface area contributed by atoms with Gasteiger partial charge in [0.2, 0.25) is 0 Å². The molecule has 0 saturated heterocycles. The van der Waals surface area contributed by atoms with Gasteiger partial charge in [0, 0.05) is 23.5 Å². The molecule has 0 radical (unpaired) electrons. The Morgan fingerprint density at radius 3 is 2.26 bits per heavy atom. The number of phenolic OH excluding ortho intramolecular Hbond substituents is 1. The molecule has 0 spiro atoms.